The van der Waals surface area contributed by atoms with E-state index in [4.69, 9.17) is 33.4 Å². The Morgan fingerprint density at radius 1 is 0.889 bits per heavy atom. The average Bonchev–Trinajstić information content (AvgIpc) is 2.32. The first kappa shape index (κ1) is 14.7. The van der Waals surface area contributed by atoms with Gasteiger partial charge in [-0.05, 0) is 49.7 Å². The number of hydrogen-bond donors (Lipinski definition) is 2. The summed E-state index contributed by atoms with van der Waals surface area (Å²) in [6, 6.07) is 9.94. The number of aryl methyl sites for hydroxylation is 1. The van der Waals surface area contributed by atoms with Crippen LogP contribution in [0.3, 0.4) is 0 Å². The van der Waals surface area contributed by atoms with E-state index in [0.29, 0.717) is 10.0 Å². The Morgan fingerprint density at radius 2 is 1.56 bits per heavy atom. The van der Waals surface area contributed by atoms with Crippen molar-refractivity contribution in [3.05, 3.63) is 57.6 Å². The highest BCUT2D eigenvalue weighted by Crippen LogP contribution is 2.23. The first-order valence-corrected chi connectivity index (χ1v) is 6.06. The second-order valence-corrected chi connectivity index (χ2v) is 4.63. The van der Waals surface area contributed by atoms with Crippen LogP contribution in [0.2, 0.25) is 10.0 Å². The van der Waals surface area contributed by atoms with Gasteiger partial charge in [-0.1, -0.05) is 29.3 Å². The van der Waals surface area contributed by atoms with Crippen LogP contribution in [0.15, 0.2) is 36.4 Å². The van der Waals surface area contributed by atoms with E-state index in [1.807, 2.05) is 6.92 Å². The molecule has 2 nitrogen and oxygen atoms in total. The quantitative estimate of drug-likeness (QED) is 0.736. The summed E-state index contributed by atoms with van der Waals surface area (Å²) in [5.41, 5.74) is 1.64. The van der Waals surface area contributed by atoms with Gasteiger partial charge in [0.1, 0.15) is 11.5 Å². The lowest BCUT2D eigenvalue weighted by atomic mass is 10.2. The van der Waals surface area contributed by atoms with Crippen LogP contribution < -0.4 is 0 Å². The Morgan fingerprint density at radius 3 is 2.00 bits per heavy atom. The van der Waals surface area contributed by atoms with E-state index < -0.39 is 0 Å². The van der Waals surface area contributed by atoms with Gasteiger partial charge in [0.2, 0.25) is 0 Å². The minimum Gasteiger partial charge on any atom is -0.508 e. The van der Waals surface area contributed by atoms with Crippen molar-refractivity contribution in [3.63, 3.8) is 0 Å². The molecule has 0 fully saturated rings. The first-order chi connectivity index (χ1) is 8.41. The summed E-state index contributed by atoms with van der Waals surface area (Å²) in [6.45, 7) is 3.62. The molecular formula is C14H14Cl2O2. The maximum absolute atomic E-state index is 9.02. The Labute approximate surface area is 116 Å². The van der Waals surface area contributed by atoms with Crippen LogP contribution in [-0.2, 0) is 0 Å². The number of phenols is 2. The second kappa shape index (κ2) is 6.53. The summed E-state index contributed by atoms with van der Waals surface area (Å²) in [4.78, 5) is 0. The van der Waals surface area contributed by atoms with Gasteiger partial charge in [0.15, 0.2) is 0 Å². The molecule has 2 N–H and O–H groups in total. The molecule has 96 valence electrons. The molecule has 0 saturated carbocycles. The minimum absolute atomic E-state index is 0.252. The molecule has 0 aromatic heterocycles. The Hall–Kier alpha value is -1.38. The molecule has 0 spiro atoms. The van der Waals surface area contributed by atoms with Crippen molar-refractivity contribution in [2.24, 2.45) is 0 Å². The van der Waals surface area contributed by atoms with Crippen LogP contribution >= 0.6 is 23.2 Å². The molecule has 2 aromatic carbocycles. The lowest BCUT2D eigenvalue weighted by Gasteiger charge is -1.97. The predicted octanol–water partition coefficient (Wildman–Crippen LogP) is 4.71. The van der Waals surface area contributed by atoms with Gasteiger partial charge in [-0.3, -0.25) is 0 Å². The maximum atomic E-state index is 9.02. The largest absolute Gasteiger partial charge is 0.508 e. The molecule has 4 heteroatoms. The molecule has 0 saturated heterocycles. The third kappa shape index (κ3) is 4.13. The van der Waals surface area contributed by atoms with Gasteiger partial charge < -0.3 is 10.2 Å². The molecule has 0 radical (unpaired) electrons. The monoisotopic (exact) mass is 284 g/mol. The SMILES string of the molecule is Cc1c(O)cccc1Cl.Cc1cc(O)ccc1Cl. The van der Waals surface area contributed by atoms with E-state index in [9.17, 15) is 0 Å². The van der Waals surface area contributed by atoms with Crippen molar-refractivity contribution in [1.82, 2.24) is 0 Å². The van der Waals surface area contributed by atoms with Crippen LogP contribution in [0.5, 0.6) is 11.5 Å². The third-order valence-electron chi connectivity index (χ3n) is 2.38. The van der Waals surface area contributed by atoms with Crippen LogP contribution in [0.25, 0.3) is 0 Å². The fourth-order valence-corrected chi connectivity index (χ4v) is 1.51. The van der Waals surface area contributed by atoms with Gasteiger partial charge >= 0.3 is 0 Å². The Kier molecular flexibility index (Phi) is 5.32. The summed E-state index contributed by atoms with van der Waals surface area (Å²) < 4.78 is 0. The smallest absolute Gasteiger partial charge is 0.119 e. The lowest BCUT2D eigenvalue weighted by Crippen LogP contribution is -1.73. The molecule has 2 rings (SSSR count). The third-order valence-corrected chi connectivity index (χ3v) is 3.21. The molecular weight excluding hydrogens is 271 g/mol. The molecule has 0 aliphatic heterocycles. The summed E-state index contributed by atoms with van der Waals surface area (Å²) in [5, 5.41) is 19.2. The van der Waals surface area contributed by atoms with Crippen LogP contribution in [0, 0.1) is 13.8 Å². The molecule has 0 unspecified atom stereocenters. The van der Waals surface area contributed by atoms with Gasteiger partial charge in [-0.2, -0.15) is 0 Å². The molecule has 0 atom stereocenters. The molecule has 2 aromatic rings. The minimum atomic E-state index is 0.252. The number of hydrogen-bond acceptors (Lipinski definition) is 2. The van der Waals surface area contributed by atoms with Crippen molar-refractivity contribution < 1.29 is 10.2 Å². The topological polar surface area (TPSA) is 40.5 Å². The van der Waals surface area contributed by atoms with Gasteiger partial charge in [0.05, 0.1) is 0 Å². The highest BCUT2D eigenvalue weighted by atomic mass is 35.5. The summed E-state index contributed by atoms with van der Waals surface area (Å²) in [5.74, 6) is 0.513. The molecule has 0 aliphatic rings. The van der Waals surface area contributed by atoms with Gasteiger partial charge in [-0.15, -0.1) is 0 Å². The van der Waals surface area contributed by atoms with Gasteiger partial charge in [0.25, 0.3) is 0 Å². The normalized spacial score (nSPS) is 9.56. The molecule has 0 bridgehead atoms. The number of halogens is 2. The molecule has 0 amide bonds. The standard InChI is InChI=1S/2C7H7ClO/c1-5-4-6(9)2-3-7(5)8;1-5-6(8)3-2-4-7(5)9/h2*2-4,9H,1H3. The number of aromatic hydroxyl groups is 2. The van der Waals surface area contributed by atoms with E-state index in [-0.39, 0.29) is 11.5 Å². The Bertz CT molecular complexity index is 519. The van der Waals surface area contributed by atoms with E-state index in [1.165, 1.54) is 0 Å². The number of benzene rings is 2. The first-order valence-electron chi connectivity index (χ1n) is 5.31. The molecule has 18 heavy (non-hydrogen) atoms. The van der Waals surface area contributed by atoms with E-state index in [0.717, 1.165) is 11.1 Å². The Balaban J connectivity index is 0.000000180. The van der Waals surface area contributed by atoms with Crippen LogP contribution in [0.4, 0.5) is 0 Å². The van der Waals surface area contributed by atoms with E-state index >= 15 is 0 Å². The van der Waals surface area contributed by atoms with Crippen molar-refractivity contribution in [2.45, 2.75) is 13.8 Å². The van der Waals surface area contributed by atoms with Crippen LogP contribution in [-0.4, -0.2) is 10.2 Å². The zero-order chi connectivity index (χ0) is 13.7. The maximum Gasteiger partial charge on any atom is 0.119 e. The summed E-state index contributed by atoms with van der Waals surface area (Å²) in [6.07, 6.45) is 0. The van der Waals surface area contributed by atoms with Crippen molar-refractivity contribution in [1.29, 1.82) is 0 Å². The van der Waals surface area contributed by atoms with E-state index in [1.54, 1.807) is 43.3 Å². The molecule has 0 aliphatic carbocycles. The number of rotatable bonds is 0. The predicted molar refractivity (Wildman–Crippen MR) is 75.7 cm³/mol. The van der Waals surface area contributed by atoms with Gasteiger partial charge in [0, 0.05) is 15.6 Å². The second-order valence-electron chi connectivity index (χ2n) is 3.82. The van der Waals surface area contributed by atoms with E-state index in [2.05, 4.69) is 0 Å². The zero-order valence-corrected chi connectivity index (χ0v) is 11.6. The van der Waals surface area contributed by atoms with Crippen molar-refractivity contribution in [3.8, 4) is 11.5 Å². The summed E-state index contributed by atoms with van der Waals surface area (Å²) in [7, 11) is 0. The fraction of sp³-hybridized carbons (Fsp3) is 0.143. The van der Waals surface area contributed by atoms with Crippen molar-refractivity contribution >= 4 is 23.2 Å². The average molecular weight is 285 g/mol. The highest BCUT2D eigenvalue weighted by molar-refractivity contribution is 6.31. The number of phenolic OH excluding ortho intramolecular Hbond substituents is 2. The lowest BCUT2D eigenvalue weighted by molar-refractivity contribution is 0.471. The highest BCUT2D eigenvalue weighted by Gasteiger charge is 1.96. The van der Waals surface area contributed by atoms with Crippen molar-refractivity contribution in [2.75, 3.05) is 0 Å². The zero-order valence-electron chi connectivity index (χ0n) is 10.1. The molecule has 0 heterocycles. The van der Waals surface area contributed by atoms with Gasteiger partial charge in [-0.25, -0.2) is 0 Å². The summed E-state index contributed by atoms with van der Waals surface area (Å²) >= 11 is 11.3. The fourth-order valence-electron chi connectivity index (χ4n) is 1.22. The van der Waals surface area contributed by atoms with Crippen LogP contribution in [0.1, 0.15) is 11.1 Å².